The molecule has 1 aliphatic heterocycles. The minimum Gasteiger partial charge on any atom is -0.486 e. The molecule has 120 valence electrons. The molecule has 0 atom stereocenters. The summed E-state index contributed by atoms with van der Waals surface area (Å²) in [4.78, 5) is 12.2. The number of rotatable bonds is 3. The van der Waals surface area contributed by atoms with Gasteiger partial charge in [-0.25, -0.2) is 4.39 Å². The Bertz CT molecular complexity index is 764. The highest BCUT2D eigenvalue weighted by Crippen LogP contribution is 2.35. The molecule has 6 heteroatoms. The predicted octanol–water partition coefficient (Wildman–Crippen LogP) is 3.85. The summed E-state index contributed by atoms with van der Waals surface area (Å²) in [5.74, 6) is 0.680. The zero-order valence-corrected chi connectivity index (χ0v) is 14.1. The number of halogens is 2. The lowest BCUT2D eigenvalue weighted by Crippen LogP contribution is -2.18. The molecule has 0 unspecified atom stereocenters. The number of hydrogen-bond acceptors (Lipinski definition) is 3. The van der Waals surface area contributed by atoms with Crippen LogP contribution in [-0.4, -0.2) is 19.1 Å². The first kappa shape index (κ1) is 15.8. The smallest absolute Gasteiger partial charge is 0.228 e. The molecule has 0 aromatic heterocycles. The fourth-order valence-electron chi connectivity index (χ4n) is 2.34. The molecule has 23 heavy (non-hydrogen) atoms. The number of hydrogen-bond donors (Lipinski definition) is 1. The van der Waals surface area contributed by atoms with E-state index in [2.05, 4.69) is 21.2 Å². The SMILES string of the molecule is Cc1ccc(F)cc1NC(=O)Cc1cc2c(cc1Br)OCCO2. The molecule has 1 N–H and O–H groups in total. The molecule has 1 aliphatic rings. The van der Waals surface area contributed by atoms with E-state index in [-0.39, 0.29) is 18.1 Å². The van der Waals surface area contributed by atoms with Crippen LogP contribution >= 0.6 is 15.9 Å². The van der Waals surface area contributed by atoms with Crippen molar-refractivity contribution >= 4 is 27.5 Å². The molecule has 1 amide bonds. The number of benzene rings is 2. The van der Waals surface area contributed by atoms with Gasteiger partial charge in [-0.15, -0.1) is 0 Å². The van der Waals surface area contributed by atoms with E-state index in [0.29, 0.717) is 30.4 Å². The van der Waals surface area contributed by atoms with Crippen molar-refractivity contribution in [3.05, 3.63) is 51.7 Å². The van der Waals surface area contributed by atoms with Gasteiger partial charge in [-0.3, -0.25) is 4.79 Å². The van der Waals surface area contributed by atoms with Crippen molar-refractivity contribution in [2.45, 2.75) is 13.3 Å². The summed E-state index contributed by atoms with van der Waals surface area (Å²) in [6, 6.07) is 7.89. The van der Waals surface area contributed by atoms with E-state index < -0.39 is 0 Å². The van der Waals surface area contributed by atoms with Crippen LogP contribution in [0, 0.1) is 12.7 Å². The van der Waals surface area contributed by atoms with Gasteiger partial charge in [-0.1, -0.05) is 22.0 Å². The number of anilines is 1. The van der Waals surface area contributed by atoms with Crippen molar-refractivity contribution in [1.82, 2.24) is 0 Å². The molecular weight excluding hydrogens is 365 g/mol. The van der Waals surface area contributed by atoms with E-state index in [1.807, 2.05) is 6.92 Å². The van der Waals surface area contributed by atoms with Crippen LogP contribution in [0.15, 0.2) is 34.8 Å². The quantitative estimate of drug-likeness (QED) is 0.880. The van der Waals surface area contributed by atoms with E-state index >= 15 is 0 Å². The summed E-state index contributed by atoms with van der Waals surface area (Å²) < 4.78 is 25.1. The van der Waals surface area contributed by atoms with Gasteiger partial charge in [0.05, 0.1) is 6.42 Å². The molecule has 0 saturated carbocycles. The van der Waals surface area contributed by atoms with Gasteiger partial charge in [0, 0.05) is 10.2 Å². The van der Waals surface area contributed by atoms with E-state index in [0.717, 1.165) is 15.6 Å². The molecule has 0 saturated heterocycles. The van der Waals surface area contributed by atoms with Crippen LogP contribution in [0.4, 0.5) is 10.1 Å². The third-order valence-corrected chi connectivity index (χ3v) is 4.27. The second-order valence-electron chi connectivity index (χ2n) is 5.27. The van der Waals surface area contributed by atoms with Crippen LogP contribution in [0.1, 0.15) is 11.1 Å². The van der Waals surface area contributed by atoms with Gasteiger partial charge in [0.15, 0.2) is 11.5 Å². The maximum atomic E-state index is 13.3. The minimum absolute atomic E-state index is 0.146. The van der Waals surface area contributed by atoms with Crippen LogP contribution in [-0.2, 0) is 11.2 Å². The van der Waals surface area contributed by atoms with E-state index in [1.54, 1.807) is 18.2 Å². The summed E-state index contributed by atoms with van der Waals surface area (Å²) >= 11 is 3.44. The minimum atomic E-state index is -0.383. The van der Waals surface area contributed by atoms with Crippen LogP contribution < -0.4 is 14.8 Å². The normalized spacial score (nSPS) is 12.8. The number of carbonyl (C=O) groups excluding carboxylic acids is 1. The van der Waals surface area contributed by atoms with Crippen molar-refractivity contribution in [3.8, 4) is 11.5 Å². The van der Waals surface area contributed by atoms with Crippen LogP contribution in [0.3, 0.4) is 0 Å². The summed E-state index contributed by atoms with van der Waals surface area (Å²) in [5.41, 5.74) is 2.06. The van der Waals surface area contributed by atoms with Crippen LogP contribution in [0.2, 0.25) is 0 Å². The highest BCUT2D eigenvalue weighted by Gasteiger charge is 2.17. The second kappa shape index (κ2) is 6.58. The molecule has 3 rings (SSSR count). The largest absolute Gasteiger partial charge is 0.486 e. The molecule has 0 bridgehead atoms. The van der Waals surface area contributed by atoms with Gasteiger partial charge >= 0.3 is 0 Å². The zero-order valence-electron chi connectivity index (χ0n) is 12.5. The fourth-order valence-corrected chi connectivity index (χ4v) is 2.80. The summed E-state index contributed by atoms with van der Waals surface area (Å²) in [6.45, 7) is 2.82. The lowest BCUT2D eigenvalue weighted by atomic mass is 10.1. The molecule has 0 aliphatic carbocycles. The number of carbonyl (C=O) groups is 1. The van der Waals surface area contributed by atoms with E-state index in [9.17, 15) is 9.18 Å². The maximum Gasteiger partial charge on any atom is 0.228 e. The average molecular weight is 380 g/mol. The van der Waals surface area contributed by atoms with E-state index in [4.69, 9.17) is 9.47 Å². The number of amides is 1. The Hall–Kier alpha value is -2.08. The number of aryl methyl sites for hydroxylation is 1. The highest BCUT2D eigenvalue weighted by molar-refractivity contribution is 9.10. The average Bonchev–Trinajstić information content (AvgIpc) is 2.51. The Morgan fingerprint density at radius 3 is 2.65 bits per heavy atom. The van der Waals surface area contributed by atoms with Gasteiger partial charge in [0.1, 0.15) is 19.0 Å². The molecule has 2 aromatic rings. The maximum absolute atomic E-state index is 13.3. The number of nitrogens with one attached hydrogen (secondary N) is 1. The monoisotopic (exact) mass is 379 g/mol. The van der Waals surface area contributed by atoms with Crippen LogP contribution in [0.25, 0.3) is 0 Å². The van der Waals surface area contributed by atoms with E-state index in [1.165, 1.54) is 12.1 Å². The second-order valence-corrected chi connectivity index (χ2v) is 6.13. The molecular formula is C17H15BrFNO3. The molecule has 0 spiro atoms. The van der Waals surface area contributed by atoms with Crippen molar-refractivity contribution in [2.24, 2.45) is 0 Å². The Morgan fingerprint density at radius 1 is 1.22 bits per heavy atom. The molecule has 4 nitrogen and oxygen atoms in total. The third-order valence-electron chi connectivity index (χ3n) is 3.54. The Kier molecular flexibility index (Phi) is 4.52. The Balaban J connectivity index is 1.76. The topological polar surface area (TPSA) is 47.6 Å². The summed E-state index contributed by atoms with van der Waals surface area (Å²) in [6.07, 6.45) is 0.146. The first-order valence-corrected chi connectivity index (χ1v) is 7.96. The van der Waals surface area contributed by atoms with Gasteiger partial charge in [-0.05, 0) is 42.3 Å². The van der Waals surface area contributed by atoms with Gasteiger partial charge in [0.2, 0.25) is 5.91 Å². The van der Waals surface area contributed by atoms with Gasteiger partial charge < -0.3 is 14.8 Å². The standard InChI is InChI=1S/C17H15BrFNO3/c1-10-2-3-12(19)8-14(10)20-17(21)7-11-6-15-16(9-13(11)18)23-5-4-22-15/h2-3,6,8-9H,4-5,7H2,1H3,(H,20,21). The first-order chi connectivity index (χ1) is 11.0. The van der Waals surface area contributed by atoms with Gasteiger partial charge in [-0.2, -0.15) is 0 Å². The van der Waals surface area contributed by atoms with Crippen molar-refractivity contribution in [1.29, 1.82) is 0 Å². The van der Waals surface area contributed by atoms with Crippen LogP contribution in [0.5, 0.6) is 11.5 Å². The Morgan fingerprint density at radius 2 is 1.91 bits per heavy atom. The molecule has 0 fully saturated rings. The summed E-state index contributed by atoms with van der Waals surface area (Å²) in [7, 11) is 0. The number of fused-ring (bicyclic) bond motifs is 1. The molecule has 1 heterocycles. The zero-order chi connectivity index (χ0) is 16.4. The molecule has 0 radical (unpaired) electrons. The third kappa shape index (κ3) is 3.64. The van der Waals surface area contributed by atoms with Crippen molar-refractivity contribution in [2.75, 3.05) is 18.5 Å². The lowest BCUT2D eigenvalue weighted by molar-refractivity contribution is -0.115. The predicted molar refractivity (Wildman–Crippen MR) is 88.6 cm³/mol. The Labute approximate surface area is 141 Å². The lowest BCUT2D eigenvalue weighted by Gasteiger charge is -2.20. The van der Waals surface area contributed by atoms with Gasteiger partial charge in [0.25, 0.3) is 0 Å². The summed E-state index contributed by atoms with van der Waals surface area (Å²) in [5, 5.41) is 2.73. The molecule has 2 aromatic carbocycles. The van der Waals surface area contributed by atoms with Crippen molar-refractivity contribution < 1.29 is 18.7 Å². The number of ether oxygens (including phenoxy) is 2. The fraction of sp³-hybridized carbons (Fsp3) is 0.235. The first-order valence-electron chi connectivity index (χ1n) is 7.17. The van der Waals surface area contributed by atoms with Crippen molar-refractivity contribution in [3.63, 3.8) is 0 Å². The highest BCUT2D eigenvalue weighted by atomic mass is 79.9.